The highest BCUT2D eigenvalue weighted by molar-refractivity contribution is 5.69. The quantitative estimate of drug-likeness (QED) is 0.906. The van der Waals surface area contributed by atoms with Crippen molar-refractivity contribution in [2.75, 3.05) is 13.1 Å². The molecular formula is C19H21NO3. The molecule has 0 aromatic heterocycles. The fourth-order valence-electron chi connectivity index (χ4n) is 3.07. The smallest absolute Gasteiger partial charge is 0.317 e. The zero-order chi connectivity index (χ0) is 16.2. The summed E-state index contributed by atoms with van der Waals surface area (Å²) in [6, 6.07) is 16.1. The minimum atomic E-state index is -0.767. The Morgan fingerprint density at radius 2 is 1.74 bits per heavy atom. The van der Waals surface area contributed by atoms with Crippen LogP contribution < -0.4 is 4.74 Å². The van der Waals surface area contributed by atoms with Crippen LogP contribution >= 0.6 is 0 Å². The second-order valence-corrected chi connectivity index (χ2v) is 6.01. The van der Waals surface area contributed by atoms with Crippen LogP contribution in [0.25, 0.3) is 0 Å². The standard InChI is InChI=1S/C19H21NO3/c1-14-4-8-16(9-5-14)23-17-10-6-15(7-11-17)18-3-2-12-20(18)13-19(21)22/h4-11,18H,2-3,12-13H2,1H3,(H,21,22). The number of carbonyl (C=O) groups is 1. The number of carboxylic acids is 1. The number of rotatable bonds is 5. The van der Waals surface area contributed by atoms with Crippen LogP contribution in [0, 0.1) is 6.92 Å². The van der Waals surface area contributed by atoms with Gasteiger partial charge in [0, 0.05) is 6.04 Å². The van der Waals surface area contributed by atoms with Crippen LogP contribution in [0.3, 0.4) is 0 Å². The SMILES string of the molecule is Cc1ccc(Oc2ccc(C3CCCN3CC(=O)O)cc2)cc1. The van der Waals surface area contributed by atoms with Gasteiger partial charge in [0.25, 0.3) is 0 Å². The fourth-order valence-corrected chi connectivity index (χ4v) is 3.07. The van der Waals surface area contributed by atoms with E-state index in [0.717, 1.165) is 36.4 Å². The number of hydrogen-bond acceptors (Lipinski definition) is 3. The van der Waals surface area contributed by atoms with E-state index in [1.807, 2.05) is 60.4 Å². The van der Waals surface area contributed by atoms with Gasteiger partial charge >= 0.3 is 5.97 Å². The van der Waals surface area contributed by atoms with Crippen molar-refractivity contribution in [3.05, 3.63) is 59.7 Å². The lowest BCUT2D eigenvalue weighted by molar-refractivity contribution is -0.138. The zero-order valence-electron chi connectivity index (χ0n) is 13.2. The molecule has 0 bridgehead atoms. The predicted molar refractivity (Wildman–Crippen MR) is 88.9 cm³/mol. The minimum Gasteiger partial charge on any atom is -0.480 e. The largest absolute Gasteiger partial charge is 0.480 e. The zero-order valence-corrected chi connectivity index (χ0v) is 13.2. The second kappa shape index (κ2) is 6.84. The minimum absolute atomic E-state index is 0.103. The predicted octanol–water partition coefficient (Wildman–Crippen LogP) is 4.01. The van der Waals surface area contributed by atoms with Gasteiger partial charge in [-0.05, 0) is 56.1 Å². The third-order valence-electron chi connectivity index (χ3n) is 4.22. The summed E-state index contributed by atoms with van der Waals surface area (Å²) in [4.78, 5) is 13.0. The van der Waals surface area contributed by atoms with Crippen molar-refractivity contribution in [1.82, 2.24) is 4.90 Å². The first-order valence-corrected chi connectivity index (χ1v) is 7.92. The first kappa shape index (κ1) is 15.6. The number of aryl methyl sites for hydroxylation is 1. The molecule has 4 nitrogen and oxygen atoms in total. The van der Waals surface area contributed by atoms with Crippen molar-refractivity contribution < 1.29 is 14.6 Å². The molecule has 0 aliphatic carbocycles. The van der Waals surface area contributed by atoms with E-state index < -0.39 is 5.97 Å². The van der Waals surface area contributed by atoms with Gasteiger partial charge in [-0.3, -0.25) is 9.69 Å². The molecule has 1 aliphatic rings. The summed E-state index contributed by atoms with van der Waals surface area (Å²) in [5.74, 6) is 0.841. The van der Waals surface area contributed by atoms with E-state index in [0.29, 0.717) is 0 Å². The lowest BCUT2D eigenvalue weighted by Crippen LogP contribution is -2.29. The number of carboxylic acid groups (broad SMARTS) is 1. The summed E-state index contributed by atoms with van der Waals surface area (Å²) >= 11 is 0. The maximum Gasteiger partial charge on any atom is 0.317 e. The highest BCUT2D eigenvalue weighted by atomic mass is 16.5. The van der Waals surface area contributed by atoms with Gasteiger partial charge in [-0.25, -0.2) is 0 Å². The topological polar surface area (TPSA) is 49.8 Å². The molecule has 1 aliphatic heterocycles. The van der Waals surface area contributed by atoms with Gasteiger partial charge in [0.05, 0.1) is 6.54 Å². The van der Waals surface area contributed by atoms with Gasteiger partial charge in [-0.1, -0.05) is 29.8 Å². The molecule has 0 amide bonds. The van der Waals surface area contributed by atoms with E-state index in [4.69, 9.17) is 9.84 Å². The Hall–Kier alpha value is -2.33. The summed E-state index contributed by atoms with van der Waals surface area (Å²) in [7, 11) is 0. The Morgan fingerprint density at radius 3 is 2.35 bits per heavy atom. The summed E-state index contributed by atoms with van der Waals surface area (Å²) in [5.41, 5.74) is 2.35. The lowest BCUT2D eigenvalue weighted by Gasteiger charge is -2.23. The average Bonchev–Trinajstić information content (AvgIpc) is 2.98. The van der Waals surface area contributed by atoms with Crippen molar-refractivity contribution in [2.45, 2.75) is 25.8 Å². The fraction of sp³-hybridized carbons (Fsp3) is 0.316. The van der Waals surface area contributed by atoms with Crippen LogP contribution in [-0.4, -0.2) is 29.1 Å². The summed E-state index contributed by atoms with van der Waals surface area (Å²) in [6.07, 6.45) is 2.05. The van der Waals surface area contributed by atoms with Crippen LogP contribution in [0.4, 0.5) is 0 Å². The molecule has 2 aromatic carbocycles. The number of likely N-dealkylation sites (tertiary alicyclic amines) is 1. The summed E-state index contributed by atoms with van der Waals surface area (Å²) < 4.78 is 5.83. The van der Waals surface area contributed by atoms with E-state index in [2.05, 4.69) is 0 Å². The summed E-state index contributed by atoms with van der Waals surface area (Å²) in [6.45, 7) is 2.99. The molecule has 1 unspecified atom stereocenters. The molecule has 1 N–H and O–H groups in total. The Kier molecular flexibility index (Phi) is 4.63. The number of aliphatic carboxylic acids is 1. The van der Waals surface area contributed by atoms with E-state index in [1.54, 1.807) is 0 Å². The van der Waals surface area contributed by atoms with Gasteiger partial charge in [0.15, 0.2) is 0 Å². The average molecular weight is 311 g/mol. The highest BCUT2D eigenvalue weighted by Gasteiger charge is 2.27. The molecule has 1 atom stereocenters. The molecule has 1 heterocycles. The normalized spacial score (nSPS) is 18.0. The van der Waals surface area contributed by atoms with Gasteiger partial charge in [0.1, 0.15) is 11.5 Å². The van der Waals surface area contributed by atoms with Gasteiger partial charge in [-0.2, -0.15) is 0 Å². The Bertz CT molecular complexity index is 664. The molecule has 1 saturated heterocycles. The van der Waals surface area contributed by atoms with Crippen LogP contribution in [0.15, 0.2) is 48.5 Å². The highest BCUT2D eigenvalue weighted by Crippen LogP contribution is 2.33. The molecular weight excluding hydrogens is 290 g/mol. The summed E-state index contributed by atoms with van der Waals surface area (Å²) in [5, 5.41) is 9.00. The van der Waals surface area contributed by atoms with Crippen molar-refractivity contribution in [3.8, 4) is 11.5 Å². The maximum absolute atomic E-state index is 11.0. The van der Waals surface area contributed by atoms with Gasteiger partial charge in [-0.15, -0.1) is 0 Å². The van der Waals surface area contributed by atoms with Crippen LogP contribution in [-0.2, 0) is 4.79 Å². The first-order chi connectivity index (χ1) is 11.1. The van der Waals surface area contributed by atoms with Crippen molar-refractivity contribution >= 4 is 5.97 Å². The molecule has 2 aromatic rings. The lowest BCUT2D eigenvalue weighted by atomic mass is 10.0. The van der Waals surface area contributed by atoms with E-state index in [9.17, 15) is 4.79 Å². The van der Waals surface area contributed by atoms with Crippen molar-refractivity contribution in [2.24, 2.45) is 0 Å². The second-order valence-electron chi connectivity index (χ2n) is 6.01. The molecule has 1 fully saturated rings. The molecule has 0 saturated carbocycles. The number of hydrogen-bond donors (Lipinski definition) is 1. The third-order valence-corrected chi connectivity index (χ3v) is 4.22. The van der Waals surface area contributed by atoms with E-state index in [1.165, 1.54) is 5.56 Å². The Labute approximate surface area is 136 Å². The van der Waals surface area contributed by atoms with E-state index in [-0.39, 0.29) is 12.6 Å². The van der Waals surface area contributed by atoms with Crippen LogP contribution in [0.5, 0.6) is 11.5 Å². The molecule has 23 heavy (non-hydrogen) atoms. The van der Waals surface area contributed by atoms with Crippen LogP contribution in [0.2, 0.25) is 0 Å². The Morgan fingerprint density at radius 1 is 1.13 bits per heavy atom. The van der Waals surface area contributed by atoms with E-state index >= 15 is 0 Å². The maximum atomic E-state index is 11.0. The van der Waals surface area contributed by atoms with Gasteiger partial charge < -0.3 is 9.84 Å². The van der Waals surface area contributed by atoms with Crippen molar-refractivity contribution in [1.29, 1.82) is 0 Å². The Balaban J connectivity index is 1.69. The molecule has 120 valence electrons. The van der Waals surface area contributed by atoms with Crippen LogP contribution in [0.1, 0.15) is 30.0 Å². The molecule has 3 rings (SSSR count). The van der Waals surface area contributed by atoms with Gasteiger partial charge in [0.2, 0.25) is 0 Å². The van der Waals surface area contributed by atoms with Crippen molar-refractivity contribution in [3.63, 3.8) is 0 Å². The molecule has 4 heteroatoms. The molecule has 0 spiro atoms. The number of nitrogens with zero attached hydrogens (tertiary/aromatic N) is 1. The number of ether oxygens (including phenoxy) is 1. The third kappa shape index (κ3) is 3.90. The first-order valence-electron chi connectivity index (χ1n) is 7.92. The monoisotopic (exact) mass is 311 g/mol. The number of benzene rings is 2. The molecule has 0 radical (unpaired) electrons.